The summed E-state index contributed by atoms with van der Waals surface area (Å²) in [6, 6.07) is 0. The fourth-order valence-electron chi connectivity index (χ4n) is 2.18. The maximum absolute atomic E-state index is 12.1. The normalized spacial score (nSPS) is 20.1. The Morgan fingerprint density at radius 2 is 1.84 bits per heavy atom. The van der Waals surface area contributed by atoms with Crippen LogP contribution in [0.4, 0.5) is 0 Å². The number of aliphatic carboxylic acids is 1. The van der Waals surface area contributed by atoms with Gasteiger partial charge in [-0.05, 0) is 12.8 Å². The highest BCUT2D eigenvalue weighted by molar-refractivity contribution is 5.84. The number of carboxylic acid groups (broad SMARTS) is 1. The Morgan fingerprint density at radius 3 is 2.32 bits per heavy atom. The molecule has 1 amide bonds. The van der Waals surface area contributed by atoms with Crippen molar-refractivity contribution in [2.24, 2.45) is 11.8 Å². The first kappa shape index (κ1) is 15.9. The smallest absolute Gasteiger partial charge is 0.307 e. The van der Waals surface area contributed by atoms with Gasteiger partial charge in [0, 0.05) is 19.0 Å². The Balaban J connectivity index is 2.42. The number of hydrogen-bond donors (Lipinski definition) is 2. The lowest BCUT2D eigenvalue weighted by atomic mass is 9.93. The van der Waals surface area contributed by atoms with Crippen LogP contribution >= 0.6 is 0 Å². The highest BCUT2D eigenvalue weighted by Gasteiger charge is 2.31. The van der Waals surface area contributed by atoms with E-state index in [0.717, 1.165) is 12.8 Å². The molecule has 2 N–H and O–H groups in total. The fourth-order valence-corrected chi connectivity index (χ4v) is 2.18. The number of aliphatic hydroxyl groups excluding tert-OH is 1. The lowest BCUT2D eigenvalue weighted by molar-refractivity contribution is -0.150. The van der Waals surface area contributed by atoms with Crippen molar-refractivity contribution in [2.75, 3.05) is 26.3 Å². The van der Waals surface area contributed by atoms with E-state index in [9.17, 15) is 9.59 Å². The number of piperidine rings is 1. The van der Waals surface area contributed by atoms with E-state index in [1.807, 2.05) is 0 Å². The van der Waals surface area contributed by atoms with Crippen LogP contribution in [-0.4, -0.2) is 59.4 Å². The van der Waals surface area contributed by atoms with Crippen molar-refractivity contribution in [2.45, 2.75) is 32.8 Å². The van der Waals surface area contributed by atoms with Crippen molar-refractivity contribution < 1.29 is 24.5 Å². The number of carboxylic acids is 1. The molecule has 1 saturated heterocycles. The largest absolute Gasteiger partial charge is 0.481 e. The van der Waals surface area contributed by atoms with Crippen LogP contribution in [0.15, 0.2) is 0 Å². The second-order valence-electron chi connectivity index (χ2n) is 5.03. The van der Waals surface area contributed by atoms with E-state index in [1.54, 1.807) is 18.7 Å². The molecule has 1 aliphatic rings. The van der Waals surface area contributed by atoms with E-state index in [4.69, 9.17) is 14.9 Å². The lowest BCUT2D eigenvalue weighted by Gasteiger charge is -2.34. The molecule has 1 aliphatic heterocycles. The summed E-state index contributed by atoms with van der Waals surface area (Å²) in [5, 5.41) is 17.6. The van der Waals surface area contributed by atoms with Crippen molar-refractivity contribution >= 4 is 11.9 Å². The van der Waals surface area contributed by atoms with Gasteiger partial charge in [-0.15, -0.1) is 0 Å². The van der Waals surface area contributed by atoms with E-state index in [0.29, 0.717) is 19.7 Å². The van der Waals surface area contributed by atoms with Crippen LogP contribution < -0.4 is 0 Å². The number of aliphatic hydroxyl groups is 1. The van der Waals surface area contributed by atoms with Crippen molar-refractivity contribution in [1.29, 1.82) is 0 Å². The zero-order valence-corrected chi connectivity index (χ0v) is 11.5. The molecule has 0 radical (unpaired) electrons. The Kier molecular flexibility index (Phi) is 6.24. The molecule has 2 atom stereocenters. The van der Waals surface area contributed by atoms with E-state index in [1.165, 1.54) is 0 Å². The maximum Gasteiger partial charge on any atom is 0.307 e. The lowest BCUT2D eigenvalue weighted by Crippen LogP contribution is -2.45. The van der Waals surface area contributed by atoms with Crippen LogP contribution in [0.25, 0.3) is 0 Å². The fraction of sp³-hybridized carbons (Fsp3) is 0.846. The molecule has 0 aromatic rings. The first-order valence-electron chi connectivity index (χ1n) is 6.71. The number of hydrogen-bond acceptors (Lipinski definition) is 4. The van der Waals surface area contributed by atoms with Gasteiger partial charge in [0.05, 0.1) is 25.2 Å². The van der Waals surface area contributed by atoms with Crippen LogP contribution in [-0.2, 0) is 14.3 Å². The summed E-state index contributed by atoms with van der Waals surface area (Å²) >= 11 is 0. The number of carbonyl (C=O) groups is 2. The quantitative estimate of drug-likeness (QED) is 0.729. The van der Waals surface area contributed by atoms with Gasteiger partial charge in [0.15, 0.2) is 0 Å². The van der Waals surface area contributed by atoms with Crippen LogP contribution in [0.5, 0.6) is 0 Å². The van der Waals surface area contributed by atoms with E-state index in [-0.39, 0.29) is 18.6 Å². The van der Waals surface area contributed by atoms with Gasteiger partial charge in [-0.3, -0.25) is 9.59 Å². The third kappa shape index (κ3) is 4.47. The van der Waals surface area contributed by atoms with Gasteiger partial charge in [-0.1, -0.05) is 13.8 Å². The number of ether oxygens (including phenoxy) is 1. The van der Waals surface area contributed by atoms with Crippen molar-refractivity contribution in [3.8, 4) is 0 Å². The molecule has 0 aromatic carbocycles. The minimum atomic E-state index is -0.943. The average Bonchev–Trinajstić information content (AvgIpc) is 2.43. The number of rotatable bonds is 6. The Hall–Kier alpha value is -1.14. The molecule has 0 saturated carbocycles. The highest BCUT2D eigenvalue weighted by atomic mass is 16.5. The molecule has 1 heterocycles. The minimum Gasteiger partial charge on any atom is -0.481 e. The van der Waals surface area contributed by atoms with Crippen molar-refractivity contribution in [1.82, 2.24) is 4.90 Å². The molecule has 6 heteroatoms. The van der Waals surface area contributed by atoms with Gasteiger partial charge in [-0.25, -0.2) is 0 Å². The summed E-state index contributed by atoms with van der Waals surface area (Å²) in [6.07, 6.45) is 1.56. The van der Waals surface area contributed by atoms with E-state index >= 15 is 0 Å². The third-order valence-corrected chi connectivity index (χ3v) is 3.73. The van der Waals surface area contributed by atoms with Gasteiger partial charge in [-0.2, -0.15) is 0 Å². The molecule has 1 fully saturated rings. The van der Waals surface area contributed by atoms with Crippen LogP contribution in [0.3, 0.4) is 0 Å². The monoisotopic (exact) mass is 273 g/mol. The van der Waals surface area contributed by atoms with E-state index < -0.39 is 17.8 Å². The molecule has 1 rings (SSSR count). The summed E-state index contributed by atoms with van der Waals surface area (Å²) in [4.78, 5) is 24.7. The molecule has 110 valence electrons. The van der Waals surface area contributed by atoms with Gasteiger partial charge >= 0.3 is 5.97 Å². The summed E-state index contributed by atoms with van der Waals surface area (Å²) in [7, 11) is 0. The predicted molar refractivity (Wildman–Crippen MR) is 68.6 cm³/mol. The number of likely N-dealkylation sites (tertiary alicyclic amines) is 1. The molecular formula is C13H23NO5. The summed E-state index contributed by atoms with van der Waals surface area (Å²) in [6.45, 7) is 4.73. The number of nitrogens with zero attached hydrogens (tertiary/aromatic N) is 1. The van der Waals surface area contributed by atoms with Crippen LogP contribution in [0, 0.1) is 11.8 Å². The Morgan fingerprint density at radius 1 is 1.26 bits per heavy atom. The highest BCUT2D eigenvalue weighted by Crippen LogP contribution is 2.19. The standard InChI is InChI=1S/C13H23NO5/c1-9(10(2)13(17)18)12(16)14-5-3-11(4-6-14)19-8-7-15/h9-11,15H,3-8H2,1-2H3,(H,17,18). The van der Waals surface area contributed by atoms with Crippen molar-refractivity contribution in [3.05, 3.63) is 0 Å². The summed E-state index contributed by atoms with van der Waals surface area (Å²) in [5.74, 6) is -2.22. The van der Waals surface area contributed by atoms with Gasteiger partial charge in [0.1, 0.15) is 0 Å². The molecule has 2 unspecified atom stereocenters. The Labute approximate surface area is 113 Å². The molecular weight excluding hydrogens is 250 g/mol. The molecule has 6 nitrogen and oxygen atoms in total. The molecule has 0 bridgehead atoms. The molecule has 19 heavy (non-hydrogen) atoms. The zero-order chi connectivity index (χ0) is 14.4. The first-order chi connectivity index (χ1) is 8.97. The number of carbonyl (C=O) groups excluding carboxylic acids is 1. The summed E-state index contributed by atoms with van der Waals surface area (Å²) < 4.78 is 5.42. The van der Waals surface area contributed by atoms with Crippen LogP contribution in [0.2, 0.25) is 0 Å². The van der Waals surface area contributed by atoms with E-state index in [2.05, 4.69) is 0 Å². The maximum atomic E-state index is 12.1. The zero-order valence-electron chi connectivity index (χ0n) is 11.5. The summed E-state index contributed by atoms with van der Waals surface area (Å²) in [5.41, 5.74) is 0. The average molecular weight is 273 g/mol. The topological polar surface area (TPSA) is 87.1 Å². The second kappa shape index (κ2) is 7.45. The predicted octanol–water partition coefficient (Wildman–Crippen LogP) is 0.343. The third-order valence-electron chi connectivity index (χ3n) is 3.73. The SMILES string of the molecule is CC(C(=O)O)C(C)C(=O)N1CCC(OCCO)CC1. The van der Waals surface area contributed by atoms with Crippen molar-refractivity contribution in [3.63, 3.8) is 0 Å². The molecule has 0 spiro atoms. The first-order valence-corrected chi connectivity index (χ1v) is 6.71. The number of amides is 1. The van der Waals surface area contributed by atoms with Crippen LogP contribution in [0.1, 0.15) is 26.7 Å². The minimum absolute atomic E-state index is 0.00626. The molecule has 0 aliphatic carbocycles. The van der Waals surface area contributed by atoms with Gasteiger partial charge in [0.2, 0.25) is 5.91 Å². The second-order valence-corrected chi connectivity index (χ2v) is 5.03. The molecule has 0 aromatic heterocycles. The Bertz CT molecular complexity index is 312. The van der Waals surface area contributed by atoms with Gasteiger partial charge < -0.3 is 19.8 Å². The van der Waals surface area contributed by atoms with Gasteiger partial charge in [0.25, 0.3) is 0 Å².